The maximum absolute atomic E-state index is 5.95. The molecule has 0 unspecified atom stereocenters. The van der Waals surface area contributed by atoms with Gasteiger partial charge >= 0.3 is 0 Å². The molecular formula is C15H21N3O3. The number of rotatable bonds is 5. The fraction of sp³-hybridized carbons (Fsp3) is 0.467. The van der Waals surface area contributed by atoms with E-state index in [1.165, 1.54) is 0 Å². The Morgan fingerprint density at radius 3 is 2.29 bits per heavy atom. The molecule has 0 aliphatic rings. The van der Waals surface area contributed by atoms with Gasteiger partial charge in [0.15, 0.2) is 11.5 Å². The lowest BCUT2D eigenvalue weighted by molar-refractivity contribution is 0.237. The van der Waals surface area contributed by atoms with Crippen molar-refractivity contribution in [3.63, 3.8) is 0 Å². The lowest BCUT2D eigenvalue weighted by Crippen LogP contribution is -2.38. The normalized spacial score (nSPS) is 11.5. The molecule has 21 heavy (non-hydrogen) atoms. The summed E-state index contributed by atoms with van der Waals surface area (Å²) in [6, 6.07) is 3.62. The van der Waals surface area contributed by atoms with Crippen LogP contribution in [0.5, 0.6) is 17.4 Å². The van der Waals surface area contributed by atoms with Crippen molar-refractivity contribution in [3.05, 3.63) is 18.0 Å². The van der Waals surface area contributed by atoms with Crippen LogP contribution < -0.4 is 19.9 Å². The average molecular weight is 291 g/mol. The molecule has 6 heteroatoms. The number of fused-ring (bicyclic) bond motifs is 1. The molecule has 114 valence electrons. The zero-order valence-electron chi connectivity index (χ0n) is 13.1. The molecule has 0 saturated heterocycles. The SMILES string of the molecule is COc1cc2nc(C)nc(OCC(C)(C)N)c2cc1OC. The predicted molar refractivity (Wildman–Crippen MR) is 81.1 cm³/mol. The number of benzene rings is 1. The van der Waals surface area contributed by atoms with E-state index in [-0.39, 0.29) is 0 Å². The van der Waals surface area contributed by atoms with E-state index in [9.17, 15) is 0 Å². The number of aromatic nitrogens is 2. The summed E-state index contributed by atoms with van der Waals surface area (Å²) < 4.78 is 16.4. The van der Waals surface area contributed by atoms with E-state index in [4.69, 9.17) is 19.9 Å². The van der Waals surface area contributed by atoms with Crippen LogP contribution in [0.2, 0.25) is 0 Å². The summed E-state index contributed by atoms with van der Waals surface area (Å²) in [5.41, 5.74) is 6.25. The van der Waals surface area contributed by atoms with Gasteiger partial charge in [-0.15, -0.1) is 0 Å². The van der Waals surface area contributed by atoms with Crippen molar-refractivity contribution in [2.45, 2.75) is 26.3 Å². The minimum absolute atomic E-state index is 0.354. The second-order valence-electron chi connectivity index (χ2n) is 5.58. The minimum atomic E-state index is -0.443. The Balaban J connectivity index is 2.53. The molecule has 0 aliphatic carbocycles. The van der Waals surface area contributed by atoms with Crippen LogP contribution in [0.15, 0.2) is 12.1 Å². The van der Waals surface area contributed by atoms with Crippen LogP contribution in [0, 0.1) is 6.92 Å². The number of nitrogens with zero attached hydrogens (tertiary/aromatic N) is 2. The van der Waals surface area contributed by atoms with Crippen LogP contribution in [-0.4, -0.2) is 36.3 Å². The molecule has 0 spiro atoms. The van der Waals surface area contributed by atoms with Crippen molar-refractivity contribution in [1.29, 1.82) is 0 Å². The molecule has 0 aliphatic heterocycles. The van der Waals surface area contributed by atoms with E-state index in [2.05, 4.69) is 9.97 Å². The third-order valence-electron chi connectivity index (χ3n) is 2.86. The van der Waals surface area contributed by atoms with E-state index in [1.54, 1.807) is 14.2 Å². The van der Waals surface area contributed by atoms with Crippen molar-refractivity contribution in [1.82, 2.24) is 9.97 Å². The first kappa shape index (κ1) is 15.3. The zero-order valence-corrected chi connectivity index (χ0v) is 13.1. The Hall–Kier alpha value is -2.08. The Bertz CT molecular complexity index is 651. The molecule has 1 aromatic carbocycles. The van der Waals surface area contributed by atoms with Gasteiger partial charge in [0.25, 0.3) is 0 Å². The van der Waals surface area contributed by atoms with E-state index in [0.29, 0.717) is 29.8 Å². The number of hydrogen-bond donors (Lipinski definition) is 1. The van der Waals surface area contributed by atoms with Gasteiger partial charge in [-0.05, 0) is 26.8 Å². The molecule has 0 fully saturated rings. The van der Waals surface area contributed by atoms with Crippen molar-refractivity contribution in [2.24, 2.45) is 5.73 Å². The van der Waals surface area contributed by atoms with E-state index in [1.807, 2.05) is 32.9 Å². The maximum atomic E-state index is 5.95. The molecule has 6 nitrogen and oxygen atoms in total. The quantitative estimate of drug-likeness (QED) is 0.908. The van der Waals surface area contributed by atoms with Gasteiger partial charge in [-0.2, -0.15) is 4.98 Å². The number of hydrogen-bond acceptors (Lipinski definition) is 6. The Labute approximate surface area is 124 Å². The van der Waals surface area contributed by atoms with Crippen molar-refractivity contribution in [2.75, 3.05) is 20.8 Å². The Kier molecular flexibility index (Phi) is 4.18. The fourth-order valence-electron chi connectivity index (χ4n) is 1.90. The van der Waals surface area contributed by atoms with Gasteiger partial charge in [0.2, 0.25) is 5.88 Å². The monoisotopic (exact) mass is 291 g/mol. The summed E-state index contributed by atoms with van der Waals surface area (Å²) in [5, 5.41) is 0.766. The lowest BCUT2D eigenvalue weighted by Gasteiger charge is -2.19. The van der Waals surface area contributed by atoms with Crippen LogP contribution >= 0.6 is 0 Å². The first-order chi connectivity index (χ1) is 9.84. The van der Waals surface area contributed by atoms with Gasteiger partial charge in [-0.25, -0.2) is 4.98 Å². The third-order valence-corrected chi connectivity index (χ3v) is 2.86. The maximum Gasteiger partial charge on any atom is 0.224 e. The van der Waals surface area contributed by atoms with Gasteiger partial charge in [0.05, 0.1) is 25.1 Å². The van der Waals surface area contributed by atoms with Crippen LogP contribution in [0.4, 0.5) is 0 Å². The minimum Gasteiger partial charge on any atom is -0.493 e. The average Bonchev–Trinajstić information content (AvgIpc) is 2.42. The smallest absolute Gasteiger partial charge is 0.224 e. The molecule has 1 heterocycles. The van der Waals surface area contributed by atoms with Gasteiger partial charge in [-0.3, -0.25) is 0 Å². The summed E-state index contributed by atoms with van der Waals surface area (Å²) in [6.07, 6.45) is 0. The zero-order chi connectivity index (χ0) is 15.6. The topological polar surface area (TPSA) is 79.5 Å². The molecule has 2 rings (SSSR count). The second kappa shape index (κ2) is 5.73. The van der Waals surface area contributed by atoms with Crippen LogP contribution in [0.25, 0.3) is 10.9 Å². The van der Waals surface area contributed by atoms with Crippen molar-refractivity contribution < 1.29 is 14.2 Å². The van der Waals surface area contributed by atoms with E-state index >= 15 is 0 Å². The third kappa shape index (κ3) is 3.52. The molecule has 0 bridgehead atoms. The standard InChI is InChI=1S/C15H21N3O3/c1-9-17-11-7-13(20-5)12(19-4)6-10(11)14(18-9)21-8-15(2,3)16/h6-7H,8,16H2,1-5H3. The molecule has 1 aromatic heterocycles. The molecular weight excluding hydrogens is 270 g/mol. The first-order valence-electron chi connectivity index (χ1n) is 6.66. The molecule has 2 aromatic rings. The summed E-state index contributed by atoms with van der Waals surface area (Å²) in [6.45, 7) is 5.96. The van der Waals surface area contributed by atoms with Gasteiger partial charge in [0.1, 0.15) is 12.4 Å². The fourth-order valence-corrected chi connectivity index (χ4v) is 1.90. The van der Waals surface area contributed by atoms with Crippen molar-refractivity contribution in [3.8, 4) is 17.4 Å². The summed E-state index contributed by atoms with van der Waals surface area (Å²) in [5.74, 6) is 2.35. The molecule has 0 atom stereocenters. The Morgan fingerprint density at radius 2 is 1.71 bits per heavy atom. The molecule has 2 N–H and O–H groups in total. The van der Waals surface area contributed by atoms with Crippen LogP contribution in [0.3, 0.4) is 0 Å². The van der Waals surface area contributed by atoms with Crippen LogP contribution in [-0.2, 0) is 0 Å². The highest BCUT2D eigenvalue weighted by molar-refractivity contribution is 5.87. The van der Waals surface area contributed by atoms with Gasteiger partial charge in [0, 0.05) is 11.6 Å². The summed E-state index contributed by atoms with van der Waals surface area (Å²) in [7, 11) is 3.17. The Morgan fingerprint density at radius 1 is 1.10 bits per heavy atom. The predicted octanol–water partition coefficient (Wildman–Crippen LogP) is 2.07. The van der Waals surface area contributed by atoms with E-state index < -0.39 is 5.54 Å². The van der Waals surface area contributed by atoms with Crippen molar-refractivity contribution >= 4 is 10.9 Å². The number of nitrogens with two attached hydrogens (primary N) is 1. The number of methoxy groups -OCH3 is 2. The van der Waals surface area contributed by atoms with Gasteiger partial charge in [-0.1, -0.05) is 0 Å². The summed E-state index contributed by atoms with van der Waals surface area (Å²) in [4.78, 5) is 8.76. The number of ether oxygens (including phenoxy) is 3. The molecule has 0 saturated carbocycles. The largest absolute Gasteiger partial charge is 0.493 e. The molecule has 0 amide bonds. The van der Waals surface area contributed by atoms with E-state index in [0.717, 1.165) is 10.9 Å². The highest BCUT2D eigenvalue weighted by Gasteiger charge is 2.16. The van der Waals surface area contributed by atoms with Crippen LogP contribution in [0.1, 0.15) is 19.7 Å². The highest BCUT2D eigenvalue weighted by Crippen LogP contribution is 2.34. The first-order valence-corrected chi connectivity index (χ1v) is 6.66. The summed E-state index contributed by atoms with van der Waals surface area (Å²) >= 11 is 0. The lowest BCUT2D eigenvalue weighted by atomic mass is 10.1. The second-order valence-corrected chi connectivity index (χ2v) is 5.58. The van der Waals surface area contributed by atoms with Gasteiger partial charge < -0.3 is 19.9 Å². The highest BCUT2D eigenvalue weighted by atomic mass is 16.5. The molecule has 0 radical (unpaired) electrons. The number of aryl methyl sites for hydroxylation is 1.